The van der Waals surface area contributed by atoms with E-state index < -0.39 is 15.6 Å². The van der Waals surface area contributed by atoms with E-state index in [9.17, 15) is 18.0 Å². The molecule has 1 atom stereocenters. The van der Waals surface area contributed by atoms with Crippen molar-refractivity contribution in [1.29, 1.82) is 0 Å². The van der Waals surface area contributed by atoms with Gasteiger partial charge in [-0.15, -0.1) is 0 Å². The lowest BCUT2D eigenvalue weighted by atomic mass is 9.97. The number of rotatable bonds is 5. The van der Waals surface area contributed by atoms with Crippen LogP contribution < -0.4 is 10.0 Å². The molecular weight excluding hydrogens is 432 g/mol. The Labute approximate surface area is 190 Å². The second kappa shape index (κ2) is 9.36. The highest BCUT2D eigenvalue weighted by molar-refractivity contribution is 7.89. The van der Waals surface area contributed by atoms with Gasteiger partial charge in [-0.2, -0.15) is 0 Å². The number of benzene rings is 1. The van der Waals surface area contributed by atoms with Gasteiger partial charge in [-0.1, -0.05) is 0 Å². The van der Waals surface area contributed by atoms with Gasteiger partial charge < -0.3 is 14.5 Å². The first kappa shape index (κ1) is 24.5. The van der Waals surface area contributed by atoms with E-state index in [4.69, 9.17) is 9.88 Å². The van der Waals surface area contributed by atoms with Crippen molar-refractivity contribution in [3.8, 4) is 0 Å². The Hall–Kier alpha value is -2.17. The summed E-state index contributed by atoms with van der Waals surface area (Å²) >= 11 is 0. The van der Waals surface area contributed by atoms with Crippen LogP contribution in [0.3, 0.4) is 0 Å². The molecule has 10 heteroatoms. The van der Waals surface area contributed by atoms with Crippen molar-refractivity contribution in [1.82, 2.24) is 9.80 Å². The zero-order valence-corrected chi connectivity index (χ0v) is 20.2. The molecule has 1 unspecified atom stereocenters. The van der Waals surface area contributed by atoms with E-state index in [1.807, 2.05) is 20.8 Å². The van der Waals surface area contributed by atoms with E-state index in [2.05, 4.69) is 4.90 Å². The van der Waals surface area contributed by atoms with Gasteiger partial charge in [0.25, 0.3) is 0 Å². The maximum absolute atomic E-state index is 13.0. The minimum atomic E-state index is -3.77. The predicted octanol–water partition coefficient (Wildman–Crippen LogP) is 1.80. The standard InChI is InChI=1S/C22H34N4O5S/c1-22(2,3)31-21(28)24(4)13-16-6-5-10-25(14-16)15-20(27)26-11-9-17-12-18(32(23,29)30)7-8-19(17)26/h7-8,12,16H,5-6,9-11,13-15H2,1-4H3,(H2,23,29,30). The molecule has 1 aromatic carbocycles. The lowest BCUT2D eigenvalue weighted by Crippen LogP contribution is -2.46. The number of hydrogen-bond acceptors (Lipinski definition) is 6. The molecule has 1 saturated heterocycles. The third kappa shape index (κ3) is 6.20. The Bertz CT molecular complexity index is 973. The molecule has 3 rings (SSSR count). The number of sulfonamides is 1. The highest BCUT2D eigenvalue weighted by Gasteiger charge is 2.30. The Morgan fingerprint density at radius 2 is 1.97 bits per heavy atom. The number of anilines is 1. The summed E-state index contributed by atoms with van der Waals surface area (Å²) in [6.45, 7) is 8.52. The van der Waals surface area contributed by atoms with Crippen LogP contribution in [0.1, 0.15) is 39.2 Å². The van der Waals surface area contributed by atoms with Crippen LogP contribution in [0.4, 0.5) is 10.5 Å². The zero-order chi connectivity index (χ0) is 23.7. The van der Waals surface area contributed by atoms with Gasteiger partial charge in [0.2, 0.25) is 15.9 Å². The monoisotopic (exact) mass is 466 g/mol. The Morgan fingerprint density at radius 1 is 1.25 bits per heavy atom. The van der Waals surface area contributed by atoms with Gasteiger partial charge in [-0.25, -0.2) is 18.4 Å². The summed E-state index contributed by atoms with van der Waals surface area (Å²) in [6, 6.07) is 4.67. The molecule has 2 heterocycles. The summed E-state index contributed by atoms with van der Waals surface area (Å²) in [5.41, 5.74) is 1.04. The van der Waals surface area contributed by atoms with Crippen LogP contribution in [0, 0.1) is 5.92 Å². The fraction of sp³-hybridized carbons (Fsp3) is 0.636. The number of carbonyl (C=O) groups is 2. The molecule has 2 amide bonds. The average molecular weight is 467 g/mol. The van der Waals surface area contributed by atoms with E-state index in [0.717, 1.165) is 37.2 Å². The van der Waals surface area contributed by atoms with Crippen LogP contribution in [0.5, 0.6) is 0 Å². The number of nitrogens with zero attached hydrogens (tertiary/aromatic N) is 3. The fourth-order valence-corrected chi connectivity index (χ4v) is 4.90. The molecule has 0 bridgehead atoms. The first-order valence-corrected chi connectivity index (χ1v) is 12.5. The second-order valence-corrected chi connectivity index (χ2v) is 11.3. The minimum absolute atomic E-state index is 0.00625. The van der Waals surface area contributed by atoms with Crippen molar-refractivity contribution >= 4 is 27.7 Å². The highest BCUT2D eigenvalue weighted by atomic mass is 32.2. The minimum Gasteiger partial charge on any atom is -0.444 e. The maximum Gasteiger partial charge on any atom is 0.410 e. The van der Waals surface area contributed by atoms with E-state index in [0.29, 0.717) is 26.1 Å². The Morgan fingerprint density at radius 3 is 2.62 bits per heavy atom. The van der Waals surface area contributed by atoms with Gasteiger partial charge in [0.1, 0.15) is 5.60 Å². The predicted molar refractivity (Wildman–Crippen MR) is 122 cm³/mol. The quantitative estimate of drug-likeness (QED) is 0.708. The molecule has 0 spiro atoms. The van der Waals surface area contributed by atoms with Crippen LogP contribution in [0.2, 0.25) is 0 Å². The van der Waals surface area contributed by atoms with Gasteiger partial charge in [-0.05, 0) is 76.3 Å². The number of amides is 2. The summed E-state index contributed by atoms with van der Waals surface area (Å²) in [6.07, 6.45) is 2.24. The fourth-order valence-electron chi connectivity index (χ4n) is 4.34. The van der Waals surface area contributed by atoms with Crippen molar-refractivity contribution in [3.05, 3.63) is 23.8 Å². The van der Waals surface area contributed by atoms with Crippen molar-refractivity contribution in [2.45, 2.75) is 50.5 Å². The molecule has 0 aromatic heterocycles. The number of likely N-dealkylation sites (tertiary alicyclic amines) is 1. The number of nitrogens with two attached hydrogens (primary N) is 1. The first-order chi connectivity index (χ1) is 14.8. The largest absolute Gasteiger partial charge is 0.444 e. The first-order valence-electron chi connectivity index (χ1n) is 11.0. The van der Waals surface area contributed by atoms with E-state index in [1.165, 1.54) is 6.07 Å². The van der Waals surface area contributed by atoms with Crippen LogP contribution in [0.15, 0.2) is 23.1 Å². The normalized spacial score (nSPS) is 19.5. The molecule has 1 aromatic rings. The van der Waals surface area contributed by atoms with Gasteiger partial charge in [0, 0.05) is 32.4 Å². The summed E-state index contributed by atoms with van der Waals surface area (Å²) in [7, 11) is -2.02. The Balaban J connectivity index is 1.57. The topological polar surface area (TPSA) is 113 Å². The molecule has 0 radical (unpaired) electrons. The van der Waals surface area contributed by atoms with Crippen LogP contribution in [-0.2, 0) is 26.0 Å². The van der Waals surface area contributed by atoms with Crippen molar-refractivity contribution in [2.24, 2.45) is 11.1 Å². The zero-order valence-electron chi connectivity index (χ0n) is 19.3. The molecule has 2 N–H and O–H groups in total. The number of primary sulfonamides is 1. The maximum atomic E-state index is 13.0. The number of hydrogen-bond donors (Lipinski definition) is 1. The van der Waals surface area contributed by atoms with Gasteiger partial charge in [0.15, 0.2) is 0 Å². The van der Waals surface area contributed by atoms with E-state index in [1.54, 1.807) is 29.0 Å². The van der Waals surface area contributed by atoms with Crippen molar-refractivity contribution in [3.63, 3.8) is 0 Å². The molecule has 0 aliphatic carbocycles. The van der Waals surface area contributed by atoms with Crippen LogP contribution in [-0.4, -0.2) is 75.6 Å². The molecule has 178 valence electrons. The SMILES string of the molecule is CN(CC1CCCN(CC(=O)N2CCc3cc(S(N)(=O)=O)ccc32)C1)C(=O)OC(C)(C)C. The van der Waals surface area contributed by atoms with Crippen LogP contribution >= 0.6 is 0 Å². The molecule has 2 aliphatic rings. The van der Waals surface area contributed by atoms with Gasteiger partial charge in [0.05, 0.1) is 11.4 Å². The Kier molecular flexibility index (Phi) is 7.16. The van der Waals surface area contributed by atoms with Crippen molar-refractivity contribution < 1.29 is 22.7 Å². The number of carbonyl (C=O) groups excluding carboxylic acids is 2. The van der Waals surface area contributed by atoms with Gasteiger partial charge in [-0.3, -0.25) is 9.69 Å². The summed E-state index contributed by atoms with van der Waals surface area (Å²) < 4.78 is 28.6. The van der Waals surface area contributed by atoms with E-state index >= 15 is 0 Å². The summed E-state index contributed by atoms with van der Waals surface area (Å²) in [5, 5.41) is 5.22. The molecular formula is C22H34N4O5S. The lowest BCUT2D eigenvalue weighted by molar-refractivity contribution is -0.120. The number of ether oxygens (including phenoxy) is 1. The lowest BCUT2D eigenvalue weighted by Gasteiger charge is -2.35. The second-order valence-electron chi connectivity index (χ2n) is 9.74. The third-order valence-electron chi connectivity index (χ3n) is 5.78. The molecule has 9 nitrogen and oxygen atoms in total. The molecule has 0 saturated carbocycles. The smallest absolute Gasteiger partial charge is 0.410 e. The molecule has 2 aliphatic heterocycles. The molecule has 1 fully saturated rings. The molecule has 32 heavy (non-hydrogen) atoms. The van der Waals surface area contributed by atoms with Gasteiger partial charge >= 0.3 is 6.09 Å². The third-order valence-corrected chi connectivity index (χ3v) is 6.69. The summed E-state index contributed by atoms with van der Waals surface area (Å²) in [5.74, 6) is 0.269. The van der Waals surface area contributed by atoms with Crippen LogP contribution in [0.25, 0.3) is 0 Å². The number of piperidine rings is 1. The van der Waals surface area contributed by atoms with E-state index in [-0.39, 0.29) is 22.8 Å². The highest BCUT2D eigenvalue weighted by Crippen LogP contribution is 2.30. The summed E-state index contributed by atoms with van der Waals surface area (Å²) in [4.78, 5) is 30.8. The number of fused-ring (bicyclic) bond motifs is 1. The van der Waals surface area contributed by atoms with Crippen molar-refractivity contribution in [2.75, 3.05) is 44.7 Å². The average Bonchev–Trinajstić information content (AvgIpc) is 3.09.